The van der Waals surface area contributed by atoms with Gasteiger partial charge in [0.2, 0.25) is 0 Å². The fourth-order valence-electron chi connectivity index (χ4n) is 2.56. The number of anilines is 1. The molecule has 3 aromatic carbocycles. The predicted octanol–water partition coefficient (Wildman–Crippen LogP) is 4.88. The molecule has 0 aliphatic heterocycles. The Labute approximate surface area is 144 Å². The lowest BCUT2D eigenvalue weighted by Crippen LogP contribution is -2.13. The summed E-state index contributed by atoms with van der Waals surface area (Å²) in [5, 5.41) is 0. The second-order valence-electron chi connectivity index (χ2n) is 5.83. The maximum Gasteiger partial charge on any atom is 1.00 e. The summed E-state index contributed by atoms with van der Waals surface area (Å²) in [5.41, 5.74) is 4.57. The van der Waals surface area contributed by atoms with Crippen LogP contribution >= 0.6 is 0 Å². The minimum atomic E-state index is -3.62. The monoisotopic (exact) mass is 338 g/mol. The molecule has 0 atom stereocenters. The van der Waals surface area contributed by atoms with Gasteiger partial charge in [-0.25, -0.2) is 8.42 Å². The molecule has 3 nitrogen and oxygen atoms in total. The van der Waals surface area contributed by atoms with E-state index in [1.807, 2.05) is 56.3 Å². The Morgan fingerprint density at radius 2 is 1.50 bits per heavy atom. The van der Waals surface area contributed by atoms with Gasteiger partial charge < -0.3 is 0 Å². The van der Waals surface area contributed by atoms with E-state index in [2.05, 4.69) is 4.72 Å². The Morgan fingerprint density at radius 1 is 0.792 bits per heavy atom. The van der Waals surface area contributed by atoms with Crippen molar-refractivity contribution in [2.75, 3.05) is 4.72 Å². The maximum absolute atomic E-state index is 12.7. The van der Waals surface area contributed by atoms with Crippen LogP contribution in [0.4, 0.5) is 5.69 Å². The van der Waals surface area contributed by atoms with E-state index in [-0.39, 0.29) is 6.32 Å². The van der Waals surface area contributed by atoms with Gasteiger partial charge in [0.25, 0.3) is 10.0 Å². The summed E-state index contributed by atoms with van der Waals surface area (Å²) in [4.78, 5) is 0.257. The van der Waals surface area contributed by atoms with Crippen LogP contribution in [0.1, 0.15) is 12.6 Å². The summed E-state index contributed by atoms with van der Waals surface area (Å²) in [6, 6.07) is 22.3. The molecule has 0 radical (unpaired) electrons. The molecule has 0 unspecified atom stereocenters. The van der Waals surface area contributed by atoms with Crippen molar-refractivity contribution in [3.05, 3.63) is 83.9 Å². The van der Waals surface area contributed by atoms with Crippen LogP contribution in [0.3, 0.4) is 0 Å². The zero-order chi connectivity index (χ0) is 17.2. The number of aryl methyl sites for hydroxylation is 2. The van der Waals surface area contributed by atoms with E-state index < -0.39 is 10.0 Å². The van der Waals surface area contributed by atoms with E-state index >= 15 is 0 Å². The molecule has 0 heterocycles. The van der Waals surface area contributed by atoms with Gasteiger partial charge in [0.15, 0.2) is 0 Å². The summed E-state index contributed by atoms with van der Waals surface area (Å²) in [5.74, 6) is 0. The topological polar surface area (TPSA) is 46.2 Å². The second kappa shape index (κ2) is 6.49. The molecule has 0 aliphatic rings. The molecule has 0 aromatic heterocycles. The third kappa shape index (κ3) is 3.49. The zero-order valence-corrected chi connectivity index (χ0v) is 14.5. The first-order valence-corrected chi connectivity index (χ1v) is 9.19. The highest BCUT2D eigenvalue weighted by Gasteiger charge is 2.16. The largest absolute Gasteiger partial charge is 1.00 e. The fraction of sp³-hybridized carbons (Fsp3) is 0.100. The first kappa shape index (κ1) is 16.3. The van der Waals surface area contributed by atoms with E-state index in [0.29, 0.717) is 5.69 Å². The van der Waals surface area contributed by atoms with Gasteiger partial charge in [0.1, 0.15) is 0 Å². The maximum atomic E-state index is 12.7. The summed E-state index contributed by atoms with van der Waals surface area (Å²) in [6.07, 6.45) is 0. The molecule has 0 fully saturated rings. The smallest absolute Gasteiger partial charge is 0.279 e. The summed E-state index contributed by atoms with van der Waals surface area (Å²) in [6.45, 7) is 3.94. The Hall–Kier alpha value is -2.59. The average molecular weight is 338 g/mol. The summed E-state index contributed by atoms with van der Waals surface area (Å²) >= 11 is 0. The van der Waals surface area contributed by atoms with Gasteiger partial charge in [-0.3, -0.25) is 4.72 Å². The minimum Gasteiger partial charge on any atom is -0.279 e. The first-order chi connectivity index (χ1) is 11.5. The van der Waals surface area contributed by atoms with Crippen LogP contribution < -0.4 is 4.72 Å². The van der Waals surface area contributed by atoms with Crippen molar-refractivity contribution in [3.8, 4) is 11.1 Å². The zero-order valence-electron chi connectivity index (χ0n) is 14.7. The average Bonchev–Trinajstić information content (AvgIpc) is 2.55. The van der Waals surface area contributed by atoms with Crippen molar-refractivity contribution in [1.29, 1.82) is 0 Å². The molecule has 122 valence electrons. The van der Waals surface area contributed by atoms with Crippen molar-refractivity contribution in [2.45, 2.75) is 18.7 Å². The van der Waals surface area contributed by atoms with Crippen molar-refractivity contribution in [3.63, 3.8) is 0 Å². The number of para-hydroxylation sites is 1. The summed E-state index contributed by atoms with van der Waals surface area (Å²) in [7, 11) is -3.62. The van der Waals surface area contributed by atoms with E-state index in [0.717, 1.165) is 22.3 Å². The van der Waals surface area contributed by atoms with E-state index in [1.54, 1.807) is 30.3 Å². The van der Waals surface area contributed by atoms with Crippen LogP contribution in [0.5, 0.6) is 0 Å². The molecule has 1 N–H and O–H groups in total. The van der Waals surface area contributed by atoms with Crippen molar-refractivity contribution in [2.24, 2.45) is 0 Å². The van der Waals surface area contributed by atoms with Gasteiger partial charge >= 0.3 is 1.43 Å². The molecule has 0 saturated heterocycles. The van der Waals surface area contributed by atoms with Gasteiger partial charge in [-0.15, -0.1) is 0 Å². The minimum absolute atomic E-state index is 0. The van der Waals surface area contributed by atoms with E-state index in [1.165, 1.54) is 0 Å². The number of hydrogen-bond acceptors (Lipinski definition) is 2. The van der Waals surface area contributed by atoms with Crippen LogP contribution in [-0.4, -0.2) is 8.42 Å². The standard InChI is InChI=1S/C20H19NO2S/c1-15-10-12-18(13-11-15)24(22,23)21-20-9-4-3-8-19(20)17-7-5-6-16(2)14-17/h3-14,21H,1-2H3/p+1. The molecule has 4 heteroatoms. The van der Waals surface area contributed by atoms with Crippen molar-refractivity contribution >= 4 is 15.7 Å². The molecule has 0 saturated carbocycles. The molecule has 3 aromatic rings. The number of benzene rings is 3. The number of nitrogens with one attached hydrogen (secondary N) is 1. The number of hydrogen-bond donors (Lipinski definition) is 1. The Bertz CT molecular complexity index is 967. The number of rotatable bonds is 4. The highest BCUT2D eigenvalue weighted by Crippen LogP contribution is 2.30. The molecule has 24 heavy (non-hydrogen) atoms. The van der Waals surface area contributed by atoms with Crippen LogP contribution in [0.15, 0.2) is 77.7 Å². The predicted molar refractivity (Wildman–Crippen MR) is 99.7 cm³/mol. The first-order valence-electron chi connectivity index (χ1n) is 7.71. The van der Waals surface area contributed by atoms with Gasteiger partial charge in [-0.05, 0) is 37.6 Å². The Morgan fingerprint density at radius 3 is 2.21 bits per heavy atom. The van der Waals surface area contributed by atoms with Crippen molar-refractivity contribution < 1.29 is 9.84 Å². The van der Waals surface area contributed by atoms with Crippen molar-refractivity contribution in [1.82, 2.24) is 0 Å². The van der Waals surface area contributed by atoms with Gasteiger partial charge in [-0.1, -0.05) is 65.7 Å². The SMILES string of the molecule is Cc1ccc(S(=O)(=O)Nc2ccccc2-c2cccc(C)c2)cc1.[H+]. The third-order valence-electron chi connectivity index (χ3n) is 3.83. The van der Waals surface area contributed by atoms with Crippen LogP contribution in [-0.2, 0) is 10.0 Å². The third-order valence-corrected chi connectivity index (χ3v) is 5.21. The molecule has 0 spiro atoms. The van der Waals surface area contributed by atoms with Crippen LogP contribution in [0, 0.1) is 13.8 Å². The lowest BCUT2D eigenvalue weighted by molar-refractivity contribution is 0.601. The summed E-state index contributed by atoms with van der Waals surface area (Å²) < 4.78 is 28.0. The van der Waals surface area contributed by atoms with Crippen LogP contribution in [0.2, 0.25) is 0 Å². The normalized spacial score (nSPS) is 11.2. The molecule has 0 bridgehead atoms. The van der Waals surface area contributed by atoms with Crippen LogP contribution in [0.25, 0.3) is 11.1 Å². The molecule has 3 rings (SSSR count). The van der Waals surface area contributed by atoms with E-state index in [9.17, 15) is 8.42 Å². The van der Waals surface area contributed by atoms with Gasteiger partial charge in [-0.2, -0.15) is 0 Å². The second-order valence-corrected chi connectivity index (χ2v) is 7.52. The number of sulfonamides is 1. The van der Waals surface area contributed by atoms with Gasteiger partial charge in [0, 0.05) is 5.56 Å². The van der Waals surface area contributed by atoms with E-state index in [4.69, 9.17) is 0 Å². The lowest BCUT2D eigenvalue weighted by atomic mass is 10.0. The highest BCUT2D eigenvalue weighted by molar-refractivity contribution is 7.92. The molecule has 0 aliphatic carbocycles. The Kier molecular flexibility index (Phi) is 4.40. The fourth-order valence-corrected chi connectivity index (χ4v) is 3.64. The quantitative estimate of drug-likeness (QED) is 0.736. The Balaban J connectivity index is 0.00000225. The van der Waals surface area contributed by atoms with Gasteiger partial charge in [0.05, 0.1) is 10.6 Å². The lowest BCUT2D eigenvalue weighted by Gasteiger charge is -2.13. The molecular weight excluding hydrogens is 318 g/mol. The molecular formula is C20H20NO2S+. The molecule has 0 amide bonds. The highest BCUT2D eigenvalue weighted by atomic mass is 32.2.